The third-order valence-corrected chi connectivity index (χ3v) is 5.83. The predicted molar refractivity (Wildman–Crippen MR) is 119 cm³/mol. The van der Waals surface area contributed by atoms with Crippen LogP contribution in [0.3, 0.4) is 0 Å². The van der Waals surface area contributed by atoms with Crippen molar-refractivity contribution in [1.29, 1.82) is 0 Å². The Labute approximate surface area is 184 Å². The Bertz CT molecular complexity index is 1030. The largest absolute Gasteiger partial charge is 0.474 e. The first-order valence-corrected chi connectivity index (χ1v) is 11.2. The van der Waals surface area contributed by atoms with Crippen LogP contribution in [0.2, 0.25) is 0 Å². The molecule has 31 heavy (non-hydrogen) atoms. The van der Waals surface area contributed by atoms with E-state index in [2.05, 4.69) is 20.6 Å². The Morgan fingerprint density at radius 1 is 1.13 bits per heavy atom. The van der Waals surface area contributed by atoms with Gasteiger partial charge in [-0.1, -0.05) is 18.2 Å². The summed E-state index contributed by atoms with van der Waals surface area (Å²) in [5, 5.41) is 7.91. The molecule has 160 valence electrons. The Hall–Kier alpha value is -3.26. The normalized spacial score (nSPS) is 13.7. The third kappa shape index (κ3) is 6.11. The van der Waals surface area contributed by atoms with Gasteiger partial charge < -0.3 is 10.1 Å². The first-order chi connectivity index (χ1) is 15.2. The lowest BCUT2D eigenvalue weighted by Crippen LogP contribution is -2.24. The van der Waals surface area contributed by atoms with E-state index in [0.29, 0.717) is 28.8 Å². The summed E-state index contributed by atoms with van der Waals surface area (Å²) in [5.41, 5.74) is 2.11. The highest BCUT2D eigenvalue weighted by Gasteiger charge is 2.17. The summed E-state index contributed by atoms with van der Waals surface area (Å²) in [6, 6.07) is 12.7. The maximum Gasteiger partial charge on any atom is 0.257 e. The molecule has 3 aromatic rings. The lowest BCUT2D eigenvalue weighted by Gasteiger charge is -2.12. The molecule has 7 nitrogen and oxygen atoms in total. The van der Waals surface area contributed by atoms with Crippen LogP contribution in [0.5, 0.6) is 5.88 Å². The number of benzene rings is 1. The monoisotopic (exact) mass is 436 g/mol. The highest BCUT2D eigenvalue weighted by molar-refractivity contribution is 7.14. The number of carbonyl (C=O) groups is 2. The number of aromatic nitrogens is 2. The van der Waals surface area contributed by atoms with Gasteiger partial charge in [0.25, 0.3) is 5.91 Å². The minimum absolute atomic E-state index is 0.138. The average molecular weight is 437 g/mol. The highest BCUT2D eigenvalue weighted by atomic mass is 32.1. The van der Waals surface area contributed by atoms with E-state index in [-0.39, 0.29) is 24.3 Å². The van der Waals surface area contributed by atoms with Crippen molar-refractivity contribution < 1.29 is 14.3 Å². The fraction of sp³-hybridized carbons (Fsp3) is 0.304. The Kier molecular flexibility index (Phi) is 6.89. The maximum atomic E-state index is 12.3. The number of rotatable bonds is 8. The fourth-order valence-corrected chi connectivity index (χ4v) is 4.14. The van der Waals surface area contributed by atoms with Crippen molar-refractivity contribution >= 4 is 28.3 Å². The number of anilines is 1. The average Bonchev–Trinajstić information content (AvgIpc) is 3.45. The molecule has 8 heteroatoms. The number of amides is 2. The molecule has 0 aliphatic heterocycles. The number of thiazole rings is 1. The molecule has 2 amide bonds. The van der Waals surface area contributed by atoms with Crippen LogP contribution >= 0.6 is 11.3 Å². The molecule has 0 spiro atoms. The van der Waals surface area contributed by atoms with E-state index in [0.717, 1.165) is 18.4 Å². The van der Waals surface area contributed by atoms with Gasteiger partial charge in [0.1, 0.15) is 6.10 Å². The lowest BCUT2D eigenvalue weighted by molar-refractivity contribution is -0.120. The van der Waals surface area contributed by atoms with E-state index >= 15 is 0 Å². The molecule has 0 radical (unpaired) electrons. The number of pyridine rings is 1. The van der Waals surface area contributed by atoms with Crippen LogP contribution < -0.4 is 15.4 Å². The summed E-state index contributed by atoms with van der Waals surface area (Å²) in [6.07, 6.45) is 6.65. The van der Waals surface area contributed by atoms with Crippen molar-refractivity contribution in [2.24, 2.45) is 0 Å². The smallest absolute Gasteiger partial charge is 0.257 e. The molecule has 0 unspecified atom stereocenters. The number of hydrogen-bond acceptors (Lipinski definition) is 6. The molecule has 0 bridgehead atoms. The number of ether oxygens (including phenoxy) is 1. The zero-order valence-electron chi connectivity index (χ0n) is 17.0. The second-order valence-corrected chi connectivity index (χ2v) is 8.30. The third-order valence-electron chi connectivity index (χ3n) is 5.03. The second kappa shape index (κ2) is 10.2. The van der Waals surface area contributed by atoms with Gasteiger partial charge in [-0.3, -0.25) is 14.9 Å². The summed E-state index contributed by atoms with van der Waals surface area (Å²) in [6.45, 7) is 0.393. The molecule has 1 aromatic carbocycles. The standard InChI is InChI=1S/C23H24N4O3S/c28-20(25-14-16-10-11-24-21(12-16)30-19-8-4-5-9-19)13-18-15-31-23(26-18)27-22(29)17-6-2-1-3-7-17/h1-3,6-7,10-12,15,19H,4-5,8-9,13-14H2,(H,25,28)(H,26,27,29). The van der Waals surface area contributed by atoms with Gasteiger partial charge in [-0.15, -0.1) is 11.3 Å². The summed E-state index contributed by atoms with van der Waals surface area (Å²) >= 11 is 1.30. The Balaban J connectivity index is 1.25. The van der Waals surface area contributed by atoms with Crippen LogP contribution in [0.4, 0.5) is 5.13 Å². The number of carbonyl (C=O) groups excluding carboxylic acids is 2. The van der Waals surface area contributed by atoms with Gasteiger partial charge in [0.05, 0.1) is 12.1 Å². The zero-order chi connectivity index (χ0) is 21.5. The first-order valence-electron chi connectivity index (χ1n) is 10.3. The minimum atomic E-state index is -0.223. The van der Waals surface area contributed by atoms with Crippen molar-refractivity contribution in [2.45, 2.75) is 44.8 Å². The van der Waals surface area contributed by atoms with Gasteiger partial charge in [0.15, 0.2) is 5.13 Å². The quantitative estimate of drug-likeness (QED) is 0.557. The molecule has 0 saturated heterocycles. The molecular weight excluding hydrogens is 412 g/mol. The molecule has 1 aliphatic carbocycles. The van der Waals surface area contributed by atoms with E-state index in [1.165, 1.54) is 24.2 Å². The summed E-state index contributed by atoms with van der Waals surface area (Å²) < 4.78 is 5.92. The molecule has 2 N–H and O–H groups in total. The predicted octanol–water partition coefficient (Wildman–Crippen LogP) is 3.97. The van der Waals surface area contributed by atoms with Crippen molar-refractivity contribution in [3.8, 4) is 5.88 Å². The Morgan fingerprint density at radius 3 is 2.74 bits per heavy atom. The summed E-state index contributed by atoms with van der Waals surface area (Å²) in [7, 11) is 0. The second-order valence-electron chi connectivity index (χ2n) is 7.44. The van der Waals surface area contributed by atoms with Crippen molar-refractivity contribution in [3.63, 3.8) is 0 Å². The van der Waals surface area contributed by atoms with Gasteiger partial charge in [0.2, 0.25) is 11.8 Å². The van der Waals surface area contributed by atoms with Crippen LogP contribution in [0, 0.1) is 0 Å². The van der Waals surface area contributed by atoms with E-state index in [9.17, 15) is 9.59 Å². The van der Waals surface area contributed by atoms with Crippen LogP contribution in [-0.2, 0) is 17.8 Å². The van der Waals surface area contributed by atoms with Crippen LogP contribution in [0.1, 0.15) is 47.3 Å². The van der Waals surface area contributed by atoms with E-state index in [1.807, 2.05) is 18.2 Å². The molecule has 1 saturated carbocycles. The van der Waals surface area contributed by atoms with Gasteiger partial charge in [-0.2, -0.15) is 0 Å². The molecule has 4 rings (SSSR count). The molecular formula is C23H24N4O3S. The number of hydrogen-bond donors (Lipinski definition) is 2. The van der Waals surface area contributed by atoms with Gasteiger partial charge in [-0.25, -0.2) is 9.97 Å². The van der Waals surface area contributed by atoms with E-state index in [4.69, 9.17) is 4.74 Å². The highest BCUT2D eigenvalue weighted by Crippen LogP contribution is 2.23. The van der Waals surface area contributed by atoms with Crippen molar-refractivity contribution in [2.75, 3.05) is 5.32 Å². The zero-order valence-corrected chi connectivity index (χ0v) is 17.9. The SMILES string of the molecule is O=C(Cc1csc(NC(=O)c2ccccc2)n1)NCc1ccnc(OC2CCCC2)c1. The minimum Gasteiger partial charge on any atom is -0.474 e. The first kappa shape index (κ1) is 21.0. The Morgan fingerprint density at radius 2 is 1.94 bits per heavy atom. The molecule has 1 aliphatic rings. The number of nitrogens with zero attached hydrogens (tertiary/aromatic N) is 2. The summed E-state index contributed by atoms with van der Waals surface area (Å²) in [5.74, 6) is 0.248. The summed E-state index contributed by atoms with van der Waals surface area (Å²) in [4.78, 5) is 33.1. The molecule has 2 heterocycles. The van der Waals surface area contributed by atoms with Crippen LogP contribution in [0.25, 0.3) is 0 Å². The van der Waals surface area contributed by atoms with E-state index in [1.54, 1.807) is 35.8 Å². The molecule has 0 atom stereocenters. The van der Waals surface area contributed by atoms with E-state index < -0.39 is 0 Å². The van der Waals surface area contributed by atoms with Crippen molar-refractivity contribution in [1.82, 2.24) is 15.3 Å². The van der Waals surface area contributed by atoms with Gasteiger partial charge in [0, 0.05) is 29.8 Å². The van der Waals surface area contributed by atoms with Gasteiger partial charge >= 0.3 is 0 Å². The topological polar surface area (TPSA) is 93.2 Å². The van der Waals surface area contributed by atoms with Crippen molar-refractivity contribution in [3.05, 3.63) is 70.9 Å². The lowest BCUT2D eigenvalue weighted by atomic mass is 10.2. The fourth-order valence-electron chi connectivity index (χ4n) is 3.43. The van der Waals surface area contributed by atoms with Crippen LogP contribution in [-0.4, -0.2) is 27.9 Å². The maximum absolute atomic E-state index is 12.3. The molecule has 2 aromatic heterocycles. The van der Waals surface area contributed by atoms with Gasteiger partial charge in [-0.05, 0) is 49.4 Å². The number of nitrogens with one attached hydrogen (secondary N) is 2. The van der Waals surface area contributed by atoms with Crippen LogP contribution in [0.15, 0.2) is 54.0 Å². The molecule has 1 fully saturated rings.